The van der Waals surface area contributed by atoms with Crippen molar-refractivity contribution in [2.24, 2.45) is 0 Å². The molecule has 3 aromatic rings. The van der Waals surface area contributed by atoms with Crippen LogP contribution in [0.5, 0.6) is 0 Å². The van der Waals surface area contributed by atoms with Crippen LogP contribution in [-0.2, 0) is 0 Å². The summed E-state index contributed by atoms with van der Waals surface area (Å²) in [5, 5.41) is 0. The number of benzene rings is 1. The maximum atomic E-state index is 5.67. The molecule has 0 radical (unpaired) electrons. The second kappa shape index (κ2) is 3.72. The molecule has 3 rings (SSSR count). The van der Waals surface area contributed by atoms with Crippen LogP contribution in [0.1, 0.15) is 0 Å². The van der Waals surface area contributed by atoms with Crippen LogP contribution in [0.2, 0.25) is 0 Å². The summed E-state index contributed by atoms with van der Waals surface area (Å²) < 4.78 is 6.65. The molecule has 0 saturated carbocycles. The van der Waals surface area contributed by atoms with Gasteiger partial charge in [0.05, 0.1) is 0 Å². The Kier molecular flexibility index (Phi) is 2.22. The minimum atomic E-state index is 0.621. The van der Waals surface area contributed by atoms with Crippen molar-refractivity contribution in [3.63, 3.8) is 0 Å². The van der Waals surface area contributed by atoms with E-state index in [0.29, 0.717) is 5.89 Å². The van der Waals surface area contributed by atoms with Gasteiger partial charge in [-0.15, -0.1) is 0 Å². The molecule has 78 valence electrons. The highest BCUT2D eigenvalue weighted by molar-refractivity contribution is 9.10. The average molecular weight is 275 g/mol. The van der Waals surface area contributed by atoms with Crippen LogP contribution in [-0.4, -0.2) is 9.97 Å². The fraction of sp³-hybridized carbons (Fsp3) is 0. The smallest absolute Gasteiger partial charge is 0.227 e. The summed E-state index contributed by atoms with van der Waals surface area (Å²) in [5.41, 5.74) is 2.57. The number of aromatic nitrogens is 2. The molecule has 2 heterocycles. The molecule has 0 aliphatic rings. The standard InChI is InChI=1S/C12H7BrN2O/c13-9-1-2-10-11(7-9)16-12(15-10)8-3-5-14-6-4-8/h1-7H. The monoisotopic (exact) mass is 274 g/mol. The Bertz CT molecular complexity index is 634. The first-order chi connectivity index (χ1) is 7.83. The SMILES string of the molecule is Brc1ccc2nc(-c3ccncc3)oc2c1. The zero-order valence-electron chi connectivity index (χ0n) is 8.22. The minimum absolute atomic E-state index is 0.621. The summed E-state index contributed by atoms with van der Waals surface area (Å²) in [6.45, 7) is 0. The van der Waals surface area contributed by atoms with Crippen LogP contribution in [0, 0.1) is 0 Å². The summed E-state index contributed by atoms with van der Waals surface area (Å²) in [6.07, 6.45) is 3.44. The molecule has 16 heavy (non-hydrogen) atoms. The van der Waals surface area contributed by atoms with Crippen molar-refractivity contribution in [2.75, 3.05) is 0 Å². The predicted molar refractivity (Wildman–Crippen MR) is 64.9 cm³/mol. The summed E-state index contributed by atoms with van der Waals surface area (Å²) in [6, 6.07) is 9.53. The molecule has 0 unspecified atom stereocenters. The zero-order chi connectivity index (χ0) is 11.0. The van der Waals surface area contributed by atoms with E-state index in [0.717, 1.165) is 21.1 Å². The van der Waals surface area contributed by atoms with Crippen molar-refractivity contribution in [1.29, 1.82) is 0 Å². The number of rotatable bonds is 1. The zero-order valence-corrected chi connectivity index (χ0v) is 9.81. The summed E-state index contributed by atoms with van der Waals surface area (Å²) in [4.78, 5) is 8.37. The van der Waals surface area contributed by atoms with Crippen molar-refractivity contribution in [3.8, 4) is 11.5 Å². The van der Waals surface area contributed by atoms with Crippen molar-refractivity contribution < 1.29 is 4.42 Å². The minimum Gasteiger partial charge on any atom is -0.436 e. The van der Waals surface area contributed by atoms with Gasteiger partial charge >= 0.3 is 0 Å². The fourth-order valence-electron chi connectivity index (χ4n) is 1.52. The molecule has 0 saturated heterocycles. The number of fused-ring (bicyclic) bond motifs is 1. The predicted octanol–water partition coefficient (Wildman–Crippen LogP) is 3.65. The van der Waals surface area contributed by atoms with E-state index in [1.165, 1.54) is 0 Å². The van der Waals surface area contributed by atoms with Crippen LogP contribution < -0.4 is 0 Å². The van der Waals surface area contributed by atoms with Gasteiger partial charge in [0.15, 0.2) is 5.58 Å². The molecule has 0 aliphatic carbocycles. The Labute approximate surface area is 100 Å². The van der Waals surface area contributed by atoms with E-state index in [-0.39, 0.29) is 0 Å². The highest BCUT2D eigenvalue weighted by Crippen LogP contribution is 2.25. The average Bonchev–Trinajstić information content (AvgIpc) is 2.73. The van der Waals surface area contributed by atoms with Crippen LogP contribution in [0.15, 0.2) is 51.6 Å². The number of pyridine rings is 1. The maximum absolute atomic E-state index is 5.67. The third-order valence-electron chi connectivity index (χ3n) is 2.28. The molecule has 0 N–H and O–H groups in total. The Morgan fingerprint density at radius 3 is 2.69 bits per heavy atom. The number of nitrogens with zero attached hydrogens (tertiary/aromatic N) is 2. The number of hydrogen-bond donors (Lipinski definition) is 0. The lowest BCUT2D eigenvalue weighted by atomic mass is 10.3. The maximum Gasteiger partial charge on any atom is 0.227 e. The molecule has 2 aromatic heterocycles. The first-order valence-electron chi connectivity index (χ1n) is 4.79. The van der Waals surface area contributed by atoms with Gasteiger partial charge in [0.1, 0.15) is 5.52 Å². The van der Waals surface area contributed by atoms with Gasteiger partial charge in [-0.3, -0.25) is 4.98 Å². The lowest BCUT2D eigenvalue weighted by molar-refractivity contribution is 0.619. The van der Waals surface area contributed by atoms with Gasteiger partial charge in [-0.25, -0.2) is 4.98 Å². The molecule has 1 aromatic carbocycles. The molecule has 0 aliphatic heterocycles. The molecule has 0 bridgehead atoms. The Balaban J connectivity index is 2.19. The summed E-state index contributed by atoms with van der Waals surface area (Å²) in [5.74, 6) is 0.621. The number of oxazole rings is 1. The molecule has 3 nitrogen and oxygen atoms in total. The van der Waals surface area contributed by atoms with E-state index in [2.05, 4.69) is 25.9 Å². The van der Waals surface area contributed by atoms with Gasteiger partial charge in [-0.05, 0) is 30.3 Å². The summed E-state index contributed by atoms with van der Waals surface area (Å²) >= 11 is 3.40. The van der Waals surface area contributed by atoms with E-state index >= 15 is 0 Å². The molecule has 0 atom stereocenters. The van der Waals surface area contributed by atoms with Crippen LogP contribution in [0.4, 0.5) is 0 Å². The van der Waals surface area contributed by atoms with E-state index in [4.69, 9.17) is 4.42 Å². The Hall–Kier alpha value is -1.68. The first-order valence-corrected chi connectivity index (χ1v) is 5.59. The number of hydrogen-bond acceptors (Lipinski definition) is 3. The quantitative estimate of drug-likeness (QED) is 0.680. The van der Waals surface area contributed by atoms with Crippen LogP contribution in [0.25, 0.3) is 22.6 Å². The molecule has 0 amide bonds. The van der Waals surface area contributed by atoms with Gasteiger partial charge in [0.2, 0.25) is 5.89 Å². The van der Waals surface area contributed by atoms with Gasteiger partial charge in [0, 0.05) is 22.4 Å². The molecular weight excluding hydrogens is 268 g/mol. The van der Waals surface area contributed by atoms with E-state index in [9.17, 15) is 0 Å². The second-order valence-electron chi connectivity index (χ2n) is 3.37. The third kappa shape index (κ3) is 1.61. The lowest BCUT2D eigenvalue weighted by Crippen LogP contribution is -1.76. The second-order valence-corrected chi connectivity index (χ2v) is 4.28. The van der Waals surface area contributed by atoms with E-state index in [1.54, 1.807) is 12.4 Å². The lowest BCUT2D eigenvalue weighted by Gasteiger charge is -1.91. The normalized spacial score (nSPS) is 10.8. The van der Waals surface area contributed by atoms with Gasteiger partial charge in [-0.1, -0.05) is 15.9 Å². The highest BCUT2D eigenvalue weighted by Gasteiger charge is 2.07. The van der Waals surface area contributed by atoms with Gasteiger partial charge in [0.25, 0.3) is 0 Å². The topological polar surface area (TPSA) is 38.9 Å². The van der Waals surface area contributed by atoms with E-state index < -0.39 is 0 Å². The number of halogens is 1. The third-order valence-corrected chi connectivity index (χ3v) is 2.77. The first kappa shape index (κ1) is 9.54. The Morgan fingerprint density at radius 2 is 1.88 bits per heavy atom. The Morgan fingerprint density at radius 1 is 1.06 bits per heavy atom. The van der Waals surface area contributed by atoms with Crippen molar-refractivity contribution in [1.82, 2.24) is 9.97 Å². The highest BCUT2D eigenvalue weighted by atomic mass is 79.9. The van der Waals surface area contributed by atoms with E-state index in [1.807, 2.05) is 30.3 Å². The van der Waals surface area contributed by atoms with Gasteiger partial charge < -0.3 is 4.42 Å². The van der Waals surface area contributed by atoms with Crippen molar-refractivity contribution in [3.05, 3.63) is 47.2 Å². The summed E-state index contributed by atoms with van der Waals surface area (Å²) in [7, 11) is 0. The van der Waals surface area contributed by atoms with Crippen molar-refractivity contribution >= 4 is 27.0 Å². The largest absolute Gasteiger partial charge is 0.436 e. The van der Waals surface area contributed by atoms with Gasteiger partial charge in [-0.2, -0.15) is 0 Å². The van der Waals surface area contributed by atoms with Crippen LogP contribution >= 0.6 is 15.9 Å². The van der Waals surface area contributed by atoms with Crippen LogP contribution in [0.3, 0.4) is 0 Å². The molecule has 0 spiro atoms. The van der Waals surface area contributed by atoms with Crippen molar-refractivity contribution in [2.45, 2.75) is 0 Å². The fourth-order valence-corrected chi connectivity index (χ4v) is 1.86. The molecule has 4 heteroatoms. The molecule has 0 fully saturated rings. The molecular formula is C12H7BrN2O.